The number of esters is 1. The molecule has 0 unspecified atom stereocenters. The molecule has 0 amide bonds. The van der Waals surface area contributed by atoms with E-state index in [0.29, 0.717) is 23.1 Å². The molecule has 0 aliphatic carbocycles. The van der Waals surface area contributed by atoms with Gasteiger partial charge in [-0.15, -0.1) is 10.2 Å². The first kappa shape index (κ1) is 13.5. The van der Waals surface area contributed by atoms with E-state index in [1.54, 1.807) is 13.1 Å². The van der Waals surface area contributed by atoms with Gasteiger partial charge in [0, 0.05) is 11.8 Å². The summed E-state index contributed by atoms with van der Waals surface area (Å²) in [6, 6.07) is 0. The van der Waals surface area contributed by atoms with Crippen molar-refractivity contribution in [2.75, 3.05) is 6.61 Å². The van der Waals surface area contributed by atoms with Crippen molar-refractivity contribution in [3.05, 3.63) is 34.2 Å². The molecule has 0 bridgehead atoms. The molecule has 6 nitrogen and oxygen atoms in total. The Bertz CT molecular complexity index is 624. The summed E-state index contributed by atoms with van der Waals surface area (Å²) in [7, 11) is 0. The van der Waals surface area contributed by atoms with Crippen molar-refractivity contribution in [3.63, 3.8) is 0 Å². The molecule has 0 fully saturated rings. The third kappa shape index (κ3) is 2.58. The van der Waals surface area contributed by atoms with Gasteiger partial charge in [-0.1, -0.05) is 11.6 Å². The lowest BCUT2D eigenvalue weighted by molar-refractivity contribution is 0.0526. The third-order valence-corrected chi connectivity index (χ3v) is 3.11. The highest BCUT2D eigenvalue weighted by atomic mass is 35.5. The van der Waals surface area contributed by atoms with Crippen LogP contribution in [0.15, 0.2) is 12.4 Å². The van der Waals surface area contributed by atoms with Crippen LogP contribution in [0.2, 0.25) is 5.15 Å². The molecule has 0 N–H and O–H groups in total. The van der Waals surface area contributed by atoms with Crippen molar-refractivity contribution in [3.8, 4) is 5.82 Å². The maximum Gasteiger partial charge on any atom is 0.341 e. The molecule has 0 aliphatic heterocycles. The smallest absolute Gasteiger partial charge is 0.341 e. The summed E-state index contributed by atoms with van der Waals surface area (Å²) in [5.41, 5.74) is 2.06. The largest absolute Gasteiger partial charge is 0.462 e. The molecule has 0 saturated carbocycles. The van der Waals surface area contributed by atoms with Crippen molar-refractivity contribution in [1.29, 1.82) is 0 Å². The van der Waals surface area contributed by atoms with E-state index in [0.717, 1.165) is 11.1 Å². The van der Waals surface area contributed by atoms with Crippen LogP contribution in [0.1, 0.15) is 28.4 Å². The Balaban J connectivity index is 2.38. The molecule has 2 rings (SSSR count). The summed E-state index contributed by atoms with van der Waals surface area (Å²) >= 11 is 5.89. The van der Waals surface area contributed by atoms with Gasteiger partial charge in [-0.25, -0.2) is 9.48 Å². The molecule has 0 radical (unpaired) electrons. The average Bonchev–Trinajstić information content (AvgIpc) is 2.86. The van der Waals surface area contributed by atoms with E-state index < -0.39 is 5.97 Å². The van der Waals surface area contributed by atoms with E-state index in [1.807, 2.05) is 13.8 Å². The zero-order chi connectivity index (χ0) is 14.0. The standard InChI is InChI=1S/C12H13ClN4O2/c1-4-19-12(18)9-5-14-17(6-9)11-8(3)7(2)10(13)15-16-11/h5-6H,4H2,1-3H3. The van der Waals surface area contributed by atoms with Crippen LogP contribution in [0.25, 0.3) is 5.82 Å². The zero-order valence-electron chi connectivity index (χ0n) is 10.8. The zero-order valence-corrected chi connectivity index (χ0v) is 11.6. The molecule has 0 spiro atoms. The van der Waals surface area contributed by atoms with Crippen molar-refractivity contribution in [1.82, 2.24) is 20.0 Å². The minimum atomic E-state index is -0.412. The number of nitrogens with zero attached hydrogens (tertiary/aromatic N) is 4. The summed E-state index contributed by atoms with van der Waals surface area (Å²) in [5, 5.41) is 12.3. The quantitative estimate of drug-likeness (QED) is 0.805. The van der Waals surface area contributed by atoms with E-state index in [1.165, 1.54) is 10.9 Å². The molecule has 0 aliphatic rings. The first-order chi connectivity index (χ1) is 9.04. The summed E-state index contributed by atoms with van der Waals surface area (Å²) in [6.45, 7) is 5.80. The van der Waals surface area contributed by atoms with Crippen LogP contribution in [0.4, 0.5) is 0 Å². The van der Waals surface area contributed by atoms with Crippen LogP contribution < -0.4 is 0 Å². The Hall–Kier alpha value is -1.95. The van der Waals surface area contributed by atoms with Crippen molar-refractivity contribution in [2.45, 2.75) is 20.8 Å². The Morgan fingerprint density at radius 1 is 1.37 bits per heavy atom. The topological polar surface area (TPSA) is 69.9 Å². The maximum atomic E-state index is 11.6. The molecule has 2 aromatic heterocycles. The normalized spacial score (nSPS) is 10.5. The highest BCUT2D eigenvalue weighted by Gasteiger charge is 2.14. The van der Waals surface area contributed by atoms with Gasteiger partial charge >= 0.3 is 5.97 Å². The van der Waals surface area contributed by atoms with Gasteiger partial charge in [0.2, 0.25) is 0 Å². The van der Waals surface area contributed by atoms with Crippen molar-refractivity contribution < 1.29 is 9.53 Å². The fourth-order valence-electron chi connectivity index (χ4n) is 1.54. The third-order valence-electron chi connectivity index (χ3n) is 2.75. The molecule has 0 atom stereocenters. The monoisotopic (exact) mass is 280 g/mol. The van der Waals surface area contributed by atoms with Gasteiger partial charge in [-0.05, 0) is 26.3 Å². The van der Waals surface area contributed by atoms with Crippen LogP contribution in [0.5, 0.6) is 0 Å². The van der Waals surface area contributed by atoms with Gasteiger partial charge in [0.1, 0.15) is 0 Å². The van der Waals surface area contributed by atoms with E-state index in [2.05, 4.69) is 15.3 Å². The number of halogens is 1. The Morgan fingerprint density at radius 3 is 2.79 bits per heavy atom. The number of rotatable bonds is 3. The van der Waals surface area contributed by atoms with E-state index in [9.17, 15) is 4.79 Å². The number of carbonyl (C=O) groups is 1. The summed E-state index contributed by atoms with van der Waals surface area (Å²) in [5.74, 6) is 0.127. The number of hydrogen-bond donors (Lipinski definition) is 0. The molecular weight excluding hydrogens is 268 g/mol. The van der Waals surface area contributed by atoms with Crippen LogP contribution in [0, 0.1) is 13.8 Å². The number of carbonyl (C=O) groups excluding carboxylic acids is 1. The summed E-state index contributed by atoms with van der Waals surface area (Å²) < 4.78 is 6.38. The molecule has 0 saturated heterocycles. The second-order valence-corrected chi connectivity index (χ2v) is 4.32. The number of ether oxygens (including phenoxy) is 1. The second-order valence-electron chi connectivity index (χ2n) is 3.96. The maximum absolute atomic E-state index is 11.6. The van der Waals surface area contributed by atoms with Gasteiger partial charge in [0.25, 0.3) is 0 Å². The highest BCUT2D eigenvalue weighted by molar-refractivity contribution is 6.30. The first-order valence-corrected chi connectivity index (χ1v) is 6.14. The van der Waals surface area contributed by atoms with E-state index in [-0.39, 0.29) is 0 Å². The lowest BCUT2D eigenvalue weighted by Crippen LogP contribution is -2.06. The van der Waals surface area contributed by atoms with Gasteiger partial charge in [-0.2, -0.15) is 5.10 Å². The van der Waals surface area contributed by atoms with Crippen molar-refractivity contribution >= 4 is 17.6 Å². The lowest BCUT2D eigenvalue weighted by atomic mass is 10.2. The Labute approximate surface area is 115 Å². The minimum absolute atomic E-state index is 0.322. The fraction of sp³-hybridized carbons (Fsp3) is 0.333. The molecule has 0 aromatic carbocycles. The van der Waals surface area contributed by atoms with Gasteiger partial charge < -0.3 is 4.74 Å². The SMILES string of the molecule is CCOC(=O)c1cnn(-c2nnc(Cl)c(C)c2C)c1. The predicted molar refractivity (Wildman–Crippen MR) is 69.6 cm³/mol. The van der Waals surface area contributed by atoms with Crippen LogP contribution in [-0.4, -0.2) is 32.6 Å². The van der Waals surface area contributed by atoms with Crippen LogP contribution in [-0.2, 0) is 4.74 Å². The number of hydrogen-bond acceptors (Lipinski definition) is 5. The lowest BCUT2D eigenvalue weighted by Gasteiger charge is -2.07. The molecule has 7 heteroatoms. The van der Waals surface area contributed by atoms with Gasteiger partial charge in [-0.3, -0.25) is 0 Å². The average molecular weight is 281 g/mol. The minimum Gasteiger partial charge on any atom is -0.462 e. The molecule has 2 heterocycles. The molecule has 2 aromatic rings. The van der Waals surface area contributed by atoms with E-state index in [4.69, 9.17) is 16.3 Å². The molecule has 100 valence electrons. The second kappa shape index (κ2) is 5.36. The Morgan fingerprint density at radius 2 is 2.11 bits per heavy atom. The van der Waals surface area contributed by atoms with Crippen LogP contribution >= 0.6 is 11.6 Å². The molecular formula is C12H13ClN4O2. The van der Waals surface area contributed by atoms with Crippen LogP contribution in [0.3, 0.4) is 0 Å². The Kier molecular flexibility index (Phi) is 3.80. The summed E-state index contributed by atoms with van der Waals surface area (Å²) in [4.78, 5) is 11.6. The predicted octanol–water partition coefficient (Wildman–Crippen LogP) is 2.11. The number of aromatic nitrogens is 4. The molecule has 19 heavy (non-hydrogen) atoms. The van der Waals surface area contributed by atoms with E-state index >= 15 is 0 Å². The van der Waals surface area contributed by atoms with Gasteiger partial charge in [0.15, 0.2) is 11.0 Å². The summed E-state index contributed by atoms with van der Waals surface area (Å²) in [6.07, 6.45) is 2.99. The van der Waals surface area contributed by atoms with Gasteiger partial charge in [0.05, 0.1) is 18.4 Å². The fourth-order valence-corrected chi connectivity index (χ4v) is 1.72. The first-order valence-electron chi connectivity index (χ1n) is 5.76. The highest BCUT2D eigenvalue weighted by Crippen LogP contribution is 2.19. The van der Waals surface area contributed by atoms with Crippen molar-refractivity contribution in [2.24, 2.45) is 0 Å².